The molecule has 3 aromatic carbocycles. The highest BCUT2D eigenvalue weighted by atomic mass is 35.5. The van der Waals surface area contributed by atoms with Gasteiger partial charge in [0.1, 0.15) is 5.75 Å². The van der Waals surface area contributed by atoms with E-state index in [2.05, 4.69) is 5.32 Å². The number of carbonyl (C=O) groups excluding carboxylic acids is 2. The smallest absolute Gasteiger partial charge is 0.262 e. The third-order valence-electron chi connectivity index (χ3n) is 4.71. The Morgan fingerprint density at radius 3 is 2.55 bits per heavy atom. The number of nitrogens with one attached hydrogen (secondary N) is 1. The minimum absolute atomic E-state index is 0.110. The highest BCUT2D eigenvalue weighted by Crippen LogP contribution is 2.40. The zero-order chi connectivity index (χ0) is 20.4. The van der Waals surface area contributed by atoms with Crippen LogP contribution in [0.4, 0.5) is 11.4 Å². The molecule has 0 bridgehead atoms. The number of hydrogen-bond acceptors (Lipinski definition) is 3. The Kier molecular flexibility index (Phi) is 5.23. The summed E-state index contributed by atoms with van der Waals surface area (Å²) in [6, 6.07) is 19.6. The van der Waals surface area contributed by atoms with Gasteiger partial charge in [-0.2, -0.15) is 0 Å². The van der Waals surface area contributed by atoms with E-state index in [4.69, 9.17) is 16.3 Å². The van der Waals surface area contributed by atoms with E-state index in [0.717, 1.165) is 5.56 Å². The van der Waals surface area contributed by atoms with Gasteiger partial charge >= 0.3 is 0 Å². The van der Waals surface area contributed by atoms with Crippen LogP contribution in [0.15, 0.2) is 66.7 Å². The van der Waals surface area contributed by atoms with Crippen molar-refractivity contribution in [1.29, 1.82) is 0 Å². The van der Waals surface area contributed by atoms with Gasteiger partial charge in [0, 0.05) is 23.3 Å². The van der Waals surface area contributed by atoms with Crippen molar-refractivity contribution in [3.05, 3.63) is 82.9 Å². The molecule has 2 amide bonds. The third kappa shape index (κ3) is 3.96. The standard InChI is InChI=1S/C23H19ClN2O3/c1-2-26-19-12-11-17(25-22(27)13-15-7-9-16(24)10-8-15)14-21(19)29-20-6-4-3-5-18(20)23(26)28/h3-12,14H,2,13H2,1H3,(H,25,27). The maximum atomic E-state index is 12.9. The Balaban J connectivity index is 1.59. The van der Waals surface area contributed by atoms with Gasteiger partial charge in [-0.15, -0.1) is 0 Å². The van der Waals surface area contributed by atoms with Crippen LogP contribution in [0.2, 0.25) is 5.02 Å². The molecule has 146 valence electrons. The van der Waals surface area contributed by atoms with Crippen LogP contribution in [0.3, 0.4) is 0 Å². The number of nitrogens with zero attached hydrogens (tertiary/aromatic N) is 1. The van der Waals surface area contributed by atoms with Gasteiger partial charge < -0.3 is 15.0 Å². The second-order valence-corrected chi connectivity index (χ2v) is 7.12. The van der Waals surface area contributed by atoms with E-state index in [1.165, 1.54) is 0 Å². The first-order valence-corrected chi connectivity index (χ1v) is 9.70. The van der Waals surface area contributed by atoms with Crippen molar-refractivity contribution in [3.8, 4) is 11.5 Å². The van der Waals surface area contributed by atoms with Crippen molar-refractivity contribution < 1.29 is 14.3 Å². The largest absolute Gasteiger partial charge is 0.454 e. The molecule has 0 spiro atoms. The number of benzene rings is 3. The van der Waals surface area contributed by atoms with Crippen molar-refractivity contribution in [2.45, 2.75) is 13.3 Å². The second-order valence-electron chi connectivity index (χ2n) is 6.68. The van der Waals surface area contributed by atoms with Crippen molar-refractivity contribution in [2.75, 3.05) is 16.8 Å². The van der Waals surface area contributed by atoms with Crippen molar-refractivity contribution in [1.82, 2.24) is 0 Å². The van der Waals surface area contributed by atoms with E-state index in [1.807, 2.05) is 31.2 Å². The fourth-order valence-electron chi connectivity index (χ4n) is 3.31. The zero-order valence-electron chi connectivity index (χ0n) is 15.8. The molecule has 0 aromatic heterocycles. The number of carbonyl (C=O) groups is 2. The number of ether oxygens (including phenoxy) is 1. The SMILES string of the molecule is CCN1C(=O)c2ccccc2Oc2cc(NC(=O)Cc3ccc(Cl)cc3)ccc21. The van der Waals surface area contributed by atoms with Gasteiger partial charge in [0.2, 0.25) is 5.91 Å². The number of halogens is 1. The van der Waals surface area contributed by atoms with Gasteiger partial charge in [0.05, 0.1) is 17.7 Å². The Hall–Kier alpha value is -3.31. The Morgan fingerprint density at radius 2 is 1.79 bits per heavy atom. The first-order valence-electron chi connectivity index (χ1n) is 9.32. The molecule has 0 saturated carbocycles. The van der Waals surface area contributed by atoms with Gasteiger partial charge in [0.25, 0.3) is 5.91 Å². The van der Waals surface area contributed by atoms with Crippen molar-refractivity contribution in [3.63, 3.8) is 0 Å². The molecule has 1 N–H and O–H groups in total. The molecule has 6 heteroatoms. The van der Waals surface area contributed by atoms with Crippen LogP contribution in [0.5, 0.6) is 11.5 Å². The van der Waals surface area contributed by atoms with Gasteiger partial charge in [-0.25, -0.2) is 0 Å². The van der Waals surface area contributed by atoms with Crippen LogP contribution in [-0.4, -0.2) is 18.4 Å². The molecule has 0 saturated heterocycles. The first kappa shape index (κ1) is 19.0. The van der Waals surface area contributed by atoms with Crippen LogP contribution >= 0.6 is 11.6 Å². The lowest BCUT2D eigenvalue weighted by Gasteiger charge is -2.20. The van der Waals surface area contributed by atoms with E-state index in [0.29, 0.717) is 40.0 Å². The predicted octanol–water partition coefficient (Wildman–Crippen LogP) is 5.29. The zero-order valence-corrected chi connectivity index (χ0v) is 16.6. The van der Waals surface area contributed by atoms with Crippen LogP contribution in [0.1, 0.15) is 22.8 Å². The molecule has 29 heavy (non-hydrogen) atoms. The molecule has 0 unspecified atom stereocenters. The van der Waals surface area contributed by atoms with Crippen LogP contribution in [0.25, 0.3) is 0 Å². The summed E-state index contributed by atoms with van der Waals surface area (Å²) in [6.07, 6.45) is 0.234. The maximum absolute atomic E-state index is 12.9. The lowest BCUT2D eigenvalue weighted by molar-refractivity contribution is -0.115. The number of rotatable bonds is 4. The minimum atomic E-state index is -0.148. The number of para-hydroxylation sites is 1. The summed E-state index contributed by atoms with van der Waals surface area (Å²) in [4.78, 5) is 27.0. The predicted molar refractivity (Wildman–Crippen MR) is 114 cm³/mol. The van der Waals surface area contributed by atoms with E-state index in [1.54, 1.807) is 47.4 Å². The Labute approximate surface area is 173 Å². The molecule has 1 aliphatic rings. The highest BCUT2D eigenvalue weighted by molar-refractivity contribution is 6.30. The summed E-state index contributed by atoms with van der Waals surface area (Å²) >= 11 is 5.89. The van der Waals surface area contributed by atoms with Crippen LogP contribution < -0.4 is 15.0 Å². The lowest BCUT2D eigenvalue weighted by Crippen LogP contribution is -2.29. The average Bonchev–Trinajstić information content (AvgIpc) is 2.83. The molecule has 1 aliphatic heterocycles. The number of anilines is 2. The summed E-state index contributed by atoms with van der Waals surface area (Å²) in [5, 5.41) is 3.52. The molecule has 3 aromatic rings. The van der Waals surface area contributed by atoms with Gasteiger partial charge in [-0.1, -0.05) is 35.9 Å². The minimum Gasteiger partial charge on any atom is -0.454 e. The van der Waals surface area contributed by atoms with E-state index in [9.17, 15) is 9.59 Å². The number of fused-ring (bicyclic) bond motifs is 2. The summed E-state index contributed by atoms with van der Waals surface area (Å²) in [5.74, 6) is 0.764. The fraction of sp³-hybridized carbons (Fsp3) is 0.130. The van der Waals surface area contributed by atoms with Gasteiger partial charge in [-0.05, 0) is 48.9 Å². The highest BCUT2D eigenvalue weighted by Gasteiger charge is 2.27. The molecule has 0 fully saturated rings. The summed E-state index contributed by atoms with van der Waals surface area (Å²) in [7, 11) is 0. The normalized spacial score (nSPS) is 12.5. The molecular weight excluding hydrogens is 388 g/mol. The molecule has 0 aliphatic carbocycles. The van der Waals surface area contributed by atoms with Crippen molar-refractivity contribution in [2.24, 2.45) is 0 Å². The van der Waals surface area contributed by atoms with E-state index in [-0.39, 0.29) is 18.2 Å². The van der Waals surface area contributed by atoms with E-state index >= 15 is 0 Å². The van der Waals surface area contributed by atoms with Gasteiger partial charge in [0.15, 0.2) is 5.75 Å². The summed E-state index contributed by atoms with van der Waals surface area (Å²) < 4.78 is 6.03. The number of hydrogen-bond donors (Lipinski definition) is 1. The number of amides is 2. The lowest BCUT2D eigenvalue weighted by atomic mass is 10.1. The van der Waals surface area contributed by atoms with Gasteiger partial charge in [-0.3, -0.25) is 9.59 Å². The monoisotopic (exact) mass is 406 g/mol. The molecule has 1 heterocycles. The first-order chi connectivity index (χ1) is 14.0. The van der Waals surface area contributed by atoms with Crippen LogP contribution in [0, 0.1) is 0 Å². The average molecular weight is 407 g/mol. The molecule has 4 rings (SSSR count). The van der Waals surface area contributed by atoms with Crippen LogP contribution in [-0.2, 0) is 11.2 Å². The second kappa shape index (κ2) is 7.97. The fourth-order valence-corrected chi connectivity index (χ4v) is 3.43. The van der Waals surface area contributed by atoms with Crippen molar-refractivity contribution >= 4 is 34.8 Å². The quantitative estimate of drug-likeness (QED) is 0.640. The third-order valence-corrected chi connectivity index (χ3v) is 4.96. The molecule has 0 atom stereocenters. The topological polar surface area (TPSA) is 58.6 Å². The summed E-state index contributed by atoms with van der Waals surface area (Å²) in [6.45, 7) is 2.42. The molecule has 5 nitrogen and oxygen atoms in total. The Bertz CT molecular complexity index is 1080. The Morgan fingerprint density at radius 1 is 1.03 bits per heavy atom. The molecular formula is C23H19ClN2O3. The molecule has 0 radical (unpaired) electrons. The maximum Gasteiger partial charge on any atom is 0.262 e. The summed E-state index contributed by atoms with van der Waals surface area (Å²) in [5.41, 5.74) is 2.66. The van der Waals surface area contributed by atoms with E-state index < -0.39 is 0 Å².